The van der Waals surface area contributed by atoms with Crippen molar-refractivity contribution < 1.29 is 13.9 Å². The molecule has 0 spiro atoms. The van der Waals surface area contributed by atoms with Crippen LogP contribution in [0.15, 0.2) is 18.2 Å². The van der Waals surface area contributed by atoms with Crippen molar-refractivity contribution in [1.29, 1.82) is 0 Å². The molecule has 0 bridgehead atoms. The number of nitrogens with zero attached hydrogens (tertiary/aromatic N) is 3. The van der Waals surface area contributed by atoms with Gasteiger partial charge in [-0.1, -0.05) is 0 Å². The number of rotatable bonds is 4. The molecule has 0 aliphatic carbocycles. The smallest absolute Gasteiger partial charge is 0.329 e. The maximum atomic E-state index is 13.6. The maximum absolute atomic E-state index is 13.6. The predicted octanol–water partition coefficient (Wildman–Crippen LogP) is 3.32. The molecule has 2 aromatic rings. The number of urea groups is 1. The van der Waals surface area contributed by atoms with Crippen LogP contribution in [0.4, 0.5) is 25.7 Å². The summed E-state index contributed by atoms with van der Waals surface area (Å²) in [5.74, 6) is -0.324. The van der Waals surface area contributed by atoms with Gasteiger partial charge in [0.2, 0.25) is 5.13 Å². The third kappa shape index (κ3) is 3.91. The molecule has 0 atom stereocenters. The standard InChI is InChI=1S/C15H18FN5O2S/c1-23-14-19-15(24-20-14)18-13(22)17-11-6-5-10(16)9-12(11)21-7-3-2-4-8-21/h5-6,9H,2-4,7-8H2,1H3,(H2,17,18,19,20,22). The van der Waals surface area contributed by atoms with Gasteiger partial charge in [0.25, 0.3) is 0 Å². The van der Waals surface area contributed by atoms with Crippen LogP contribution in [0, 0.1) is 5.82 Å². The first-order valence-corrected chi connectivity index (χ1v) is 8.43. The minimum absolute atomic E-state index is 0.200. The van der Waals surface area contributed by atoms with E-state index in [0.717, 1.165) is 37.5 Å². The molecule has 1 fully saturated rings. The molecule has 2 heterocycles. The van der Waals surface area contributed by atoms with Crippen molar-refractivity contribution >= 4 is 34.1 Å². The van der Waals surface area contributed by atoms with E-state index in [0.29, 0.717) is 16.5 Å². The van der Waals surface area contributed by atoms with E-state index in [4.69, 9.17) is 4.74 Å². The summed E-state index contributed by atoms with van der Waals surface area (Å²) in [6, 6.07) is 4.09. The number of anilines is 3. The van der Waals surface area contributed by atoms with Crippen LogP contribution in [0.25, 0.3) is 0 Å². The Morgan fingerprint density at radius 2 is 2.08 bits per heavy atom. The molecule has 128 valence electrons. The Hall–Kier alpha value is -2.42. The van der Waals surface area contributed by atoms with Gasteiger partial charge in [0.05, 0.1) is 18.5 Å². The van der Waals surface area contributed by atoms with E-state index in [1.165, 1.54) is 25.7 Å². The first-order chi connectivity index (χ1) is 11.7. The van der Waals surface area contributed by atoms with Crippen molar-refractivity contribution in [1.82, 2.24) is 9.36 Å². The number of ether oxygens (including phenoxy) is 1. The summed E-state index contributed by atoms with van der Waals surface area (Å²) >= 11 is 1.02. The van der Waals surface area contributed by atoms with Crippen LogP contribution in [0.3, 0.4) is 0 Å². The van der Waals surface area contributed by atoms with Crippen molar-refractivity contribution in [2.45, 2.75) is 19.3 Å². The van der Waals surface area contributed by atoms with Crippen LogP contribution in [0.2, 0.25) is 0 Å². The van der Waals surface area contributed by atoms with Gasteiger partial charge in [-0.25, -0.2) is 9.18 Å². The zero-order valence-electron chi connectivity index (χ0n) is 13.2. The molecular weight excluding hydrogens is 333 g/mol. The Bertz CT molecular complexity index is 718. The number of carbonyl (C=O) groups is 1. The lowest BCUT2D eigenvalue weighted by Crippen LogP contribution is -2.31. The molecule has 0 unspecified atom stereocenters. The summed E-state index contributed by atoms with van der Waals surface area (Å²) < 4.78 is 22.4. The normalized spacial score (nSPS) is 14.3. The number of amides is 2. The van der Waals surface area contributed by atoms with E-state index in [9.17, 15) is 9.18 Å². The van der Waals surface area contributed by atoms with Crippen LogP contribution in [0.1, 0.15) is 19.3 Å². The van der Waals surface area contributed by atoms with Gasteiger partial charge < -0.3 is 15.0 Å². The van der Waals surface area contributed by atoms with E-state index in [1.807, 2.05) is 0 Å². The zero-order valence-corrected chi connectivity index (χ0v) is 14.0. The lowest BCUT2D eigenvalue weighted by atomic mass is 10.1. The van der Waals surface area contributed by atoms with E-state index in [1.54, 1.807) is 6.07 Å². The Kier molecular flexibility index (Phi) is 5.09. The highest BCUT2D eigenvalue weighted by Crippen LogP contribution is 2.29. The van der Waals surface area contributed by atoms with Crippen molar-refractivity contribution in [2.75, 3.05) is 35.7 Å². The van der Waals surface area contributed by atoms with Gasteiger partial charge >= 0.3 is 12.0 Å². The number of aromatic nitrogens is 2. The van der Waals surface area contributed by atoms with E-state index >= 15 is 0 Å². The Labute approximate surface area is 143 Å². The number of nitrogens with one attached hydrogen (secondary N) is 2. The lowest BCUT2D eigenvalue weighted by Gasteiger charge is -2.30. The Morgan fingerprint density at radius 1 is 1.29 bits per heavy atom. The van der Waals surface area contributed by atoms with Crippen LogP contribution >= 0.6 is 11.5 Å². The monoisotopic (exact) mass is 351 g/mol. The minimum Gasteiger partial charge on any atom is -0.466 e. The van der Waals surface area contributed by atoms with Crippen molar-refractivity contribution in [3.05, 3.63) is 24.0 Å². The van der Waals surface area contributed by atoms with E-state index in [-0.39, 0.29) is 11.8 Å². The topological polar surface area (TPSA) is 79.4 Å². The summed E-state index contributed by atoms with van der Waals surface area (Å²) in [5, 5.41) is 5.67. The van der Waals surface area contributed by atoms with Crippen molar-refractivity contribution in [3.8, 4) is 6.01 Å². The second-order valence-corrected chi connectivity index (χ2v) is 6.13. The Balaban J connectivity index is 1.72. The van der Waals surface area contributed by atoms with Crippen LogP contribution in [-0.2, 0) is 0 Å². The zero-order chi connectivity index (χ0) is 16.9. The molecule has 1 aromatic carbocycles. The third-order valence-electron chi connectivity index (χ3n) is 3.72. The summed E-state index contributed by atoms with van der Waals surface area (Å²) in [5.41, 5.74) is 1.26. The van der Waals surface area contributed by atoms with E-state index in [2.05, 4.69) is 24.9 Å². The van der Waals surface area contributed by atoms with Gasteiger partial charge in [0, 0.05) is 24.6 Å². The second-order valence-electron chi connectivity index (χ2n) is 5.37. The number of methoxy groups -OCH3 is 1. The summed E-state index contributed by atoms with van der Waals surface area (Å²) in [6.07, 6.45) is 3.30. The third-order valence-corrected chi connectivity index (χ3v) is 4.33. The van der Waals surface area contributed by atoms with Crippen LogP contribution < -0.4 is 20.3 Å². The molecule has 1 saturated heterocycles. The van der Waals surface area contributed by atoms with Crippen LogP contribution in [0.5, 0.6) is 6.01 Å². The number of hydrogen-bond acceptors (Lipinski definition) is 6. The first kappa shape index (κ1) is 16.4. The molecule has 0 saturated carbocycles. The molecule has 0 radical (unpaired) electrons. The highest BCUT2D eigenvalue weighted by atomic mass is 32.1. The fourth-order valence-electron chi connectivity index (χ4n) is 2.60. The lowest BCUT2D eigenvalue weighted by molar-refractivity contribution is 0.262. The maximum Gasteiger partial charge on any atom is 0.329 e. The fourth-order valence-corrected chi connectivity index (χ4v) is 3.14. The molecule has 7 nitrogen and oxygen atoms in total. The molecular formula is C15H18FN5O2S. The van der Waals surface area contributed by atoms with Gasteiger partial charge in [-0.2, -0.15) is 4.98 Å². The molecule has 2 amide bonds. The highest BCUT2D eigenvalue weighted by Gasteiger charge is 2.17. The van der Waals surface area contributed by atoms with Gasteiger partial charge in [-0.15, -0.1) is 4.37 Å². The van der Waals surface area contributed by atoms with Crippen molar-refractivity contribution in [2.24, 2.45) is 0 Å². The molecule has 9 heteroatoms. The summed E-state index contributed by atoms with van der Waals surface area (Å²) in [6.45, 7) is 1.71. The van der Waals surface area contributed by atoms with Gasteiger partial charge in [-0.05, 0) is 37.5 Å². The quantitative estimate of drug-likeness (QED) is 0.883. The molecule has 1 aromatic heterocycles. The molecule has 2 N–H and O–H groups in total. The average Bonchev–Trinajstić information content (AvgIpc) is 3.04. The predicted molar refractivity (Wildman–Crippen MR) is 91.6 cm³/mol. The van der Waals surface area contributed by atoms with Crippen LogP contribution in [-0.4, -0.2) is 35.6 Å². The molecule has 1 aliphatic heterocycles. The number of benzene rings is 1. The average molecular weight is 351 g/mol. The SMILES string of the molecule is COc1nsc(NC(=O)Nc2ccc(F)cc2N2CCCCC2)n1. The minimum atomic E-state index is -0.460. The number of carbonyl (C=O) groups excluding carboxylic acids is 1. The van der Waals surface area contributed by atoms with Gasteiger partial charge in [0.15, 0.2) is 0 Å². The Morgan fingerprint density at radius 3 is 2.79 bits per heavy atom. The second kappa shape index (κ2) is 7.43. The highest BCUT2D eigenvalue weighted by molar-refractivity contribution is 7.10. The molecule has 24 heavy (non-hydrogen) atoms. The van der Waals surface area contributed by atoms with Gasteiger partial charge in [0.1, 0.15) is 5.82 Å². The number of hydrogen-bond donors (Lipinski definition) is 2. The number of piperidine rings is 1. The fraction of sp³-hybridized carbons (Fsp3) is 0.400. The number of halogens is 1. The largest absolute Gasteiger partial charge is 0.466 e. The van der Waals surface area contributed by atoms with Crippen molar-refractivity contribution in [3.63, 3.8) is 0 Å². The molecule has 1 aliphatic rings. The van der Waals surface area contributed by atoms with Gasteiger partial charge in [-0.3, -0.25) is 5.32 Å². The molecule has 3 rings (SSSR count). The first-order valence-electron chi connectivity index (χ1n) is 7.66. The van der Waals surface area contributed by atoms with E-state index < -0.39 is 6.03 Å². The summed E-state index contributed by atoms with van der Waals surface area (Å²) in [7, 11) is 1.45. The summed E-state index contributed by atoms with van der Waals surface area (Å²) in [4.78, 5) is 18.2.